The molecule has 1 N–H and O–H groups in total. The van der Waals surface area contributed by atoms with E-state index >= 15 is 0 Å². The van der Waals surface area contributed by atoms with Gasteiger partial charge in [-0.2, -0.15) is 13.2 Å². The van der Waals surface area contributed by atoms with Gasteiger partial charge in [-0.15, -0.1) is 0 Å². The minimum Gasteiger partial charge on any atom is -0.480 e. The second kappa shape index (κ2) is 7.18. The first kappa shape index (κ1) is 16.4. The topological polar surface area (TPSA) is 57.6 Å². The summed E-state index contributed by atoms with van der Waals surface area (Å²) in [6.07, 6.45) is 0. The zero-order valence-corrected chi connectivity index (χ0v) is 11.1. The van der Waals surface area contributed by atoms with E-state index in [1.165, 1.54) is 0 Å². The quantitative estimate of drug-likeness (QED) is 0.876. The van der Waals surface area contributed by atoms with Crippen molar-refractivity contribution in [1.82, 2.24) is 4.90 Å². The van der Waals surface area contributed by atoms with Gasteiger partial charge in [0.15, 0.2) is 0 Å². The number of carboxylic acid groups (broad SMARTS) is 1. The fourth-order valence-electron chi connectivity index (χ4n) is 1.43. The highest BCUT2D eigenvalue weighted by molar-refractivity contribution is 8.00. The van der Waals surface area contributed by atoms with Crippen LogP contribution in [-0.2, 0) is 16.1 Å². The number of rotatable bonds is 6. The number of nitrogens with zero attached hydrogens (tertiary/aromatic N) is 1. The lowest BCUT2D eigenvalue weighted by Gasteiger charge is -2.21. The number of thioether (sulfide) groups is 1. The van der Waals surface area contributed by atoms with E-state index in [-0.39, 0.29) is 6.54 Å². The highest BCUT2D eigenvalue weighted by Gasteiger charge is 2.30. The van der Waals surface area contributed by atoms with Crippen molar-refractivity contribution in [1.29, 1.82) is 0 Å². The summed E-state index contributed by atoms with van der Waals surface area (Å²) in [5, 5.41) is 8.72. The van der Waals surface area contributed by atoms with Crippen LogP contribution in [0.4, 0.5) is 13.2 Å². The van der Waals surface area contributed by atoms with Crippen LogP contribution in [-0.4, -0.2) is 39.7 Å². The van der Waals surface area contributed by atoms with Crippen LogP contribution in [0.3, 0.4) is 0 Å². The van der Waals surface area contributed by atoms with Crippen molar-refractivity contribution < 1.29 is 27.9 Å². The second-order valence-electron chi connectivity index (χ2n) is 3.86. The van der Waals surface area contributed by atoms with Crippen LogP contribution >= 0.6 is 11.8 Å². The molecule has 1 rings (SSSR count). The van der Waals surface area contributed by atoms with Gasteiger partial charge in [-0.3, -0.25) is 9.59 Å². The maximum Gasteiger partial charge on any atom is 0.442 e. The standard InChI is InChI=1S/C12H12F3NO3S/c13-12(14,15)20-8-10(17)16(7-11(18)19)6-9-4-2-1-3-5-9/h1-5H,6-8H2,(H,18,19). The van der Waals surface area contributed by atoms with Crippen LogP contribution in [0.1, 0.15) is 5.56 Å². The molecule has 0 saturated carbocycles. The number of alkyl halides is 3. The zero-order valence-electron chi connectivity index (χ0n) is 10.3. The van der Waals surface area contributed by atoms with Gasteiger partial charge in [0.25, 0.3) is 0 Å². The molecule has 0 aliphatic carbocycles. The Kier molecular flexibility index (Phi) is 5.87. The first-order chi connectivity index (χ1) is 9.28. The molecule has 8 heteroatoms. The number of hydrogen-bond acceptors (Lipinski definition) is 3. The normalized spacial score (nSPS) is 11.2. The van der Waals surface area contributed by atoms with Crippen LogP contribution in [0.25, 0.3) is 0 Å². The van der Waals surface area contributed by atoms with Crippen molar-refractivity contribution in [2.45, 2.75) is 12.1 Å². The molecule has 0 saturated heterocycles. The smallest absolute Gasteiger partial charge is 0.442 e. The number of carbonyl (C=O) groups is 2. The van der Waals surface area contributed by atoms with Crippen molar-refractivity contribution in [3.63, 3.8) is 0 Å². The minimum atomic E-state index is -4.52. The summed E-state index contributed by atoms with van der Waals surface area (Å²) in [5.74, 6) is -2.96. The molecule has 20 heavy (non-hydrogen) atoms. The molecule has 0 atom stereocenters. The van der Waals surface area contributed by atoms with Crippen molar-refractivity contribution in [2.75, 3.05) is 12.3 Å². The molecule has 0 unspecified atom stereocenters. The molecule has 0 aromatic heterocycles. The molecule has 0 fully saturated rings. The Balaban J connectivity index is 2.68. The second-order valence-corrected chi connectivity index (χ2v) is 4.90. The molecule has 0 aliphatic heterocycles. The van der Waals surface area contributed by atoms with Gasteiger partial charge in [-0.1, -0.05) is 30.3 Å². The van der Waals surface area contributed by atoms with Gasteiger partial charge >= 0.3 is 11.5 Å². The van der Waals surface area contributed by atoms with Gasteiger partial charge in [0.2, 0.25) is 5.91 Å². The van der Waals surface area contributed by atoms with E-state index in [1.807, 2.05) is 0 Å². The maximum atomic E-state index is 12.0. The van der Waals surface area contributed by atoms with E-state index in [1.54, 1.807) is 30.3 Å². The van der Waals surface area contributed by atoms with E-state index < -0.39 is 41.4 Å². The number of halogens is 3. The predicted molar refractivity (Wildman–Crippen MR) is 68.0 cm³/mol. The summed E-state index contributed by atoms with van der Waals surface area (Å²) in [6, 6.07) is 8.47. The molecule has 110 valence electrons. The Morgan fingerprint density at radius 1 is 1.20 bits per heavy atom. The Labute approximate surface area is 117 Å². The van der Waals surface area contributed by atoms with Gasteiger partial charge in [-0.05, 0) is 17.3 Å². The van der Waals surface area contributed by atoms with Gasteiger partial charge < -0.3 is 10.0 Å². The lowest BCUT2D eigenvalue weighted by atomic mass is 10.2. The van der Waals surface area contributed by atoms with Crippen molar-refractivity contribution >= 4 is 23.6 Å². The molecule has 1 aromatic carbocycles. The SMILES string of the molecule is O=C(O)CN(Cc1ccccc1)C(=O)CSC(F)(F)F. The molecular weight excluding hydrogens is 295 g/mol. The maximum absolute atomic E-state index is 12.0. The summed E-state index contributed by atoms with van der Waals surface area (Å²) in [6.45, 7) is -0.670. The van der Waals surface area contributed by atoms with Crippen LogP contribution in [0.5, 0.6) is 0 Å². The predicted octanol–water partition coefficient (Wildman–Crippen LogP) is 2.35. The third kappa shape index (κ3) is 6.46. The summed E-state index contributed by atoms with van der Waals surface area (Å²) < 4.78 is 36.1. The molecular formula is C12H12F3NO3S. The van der Waals surface area contributed by atoms with Crippen LogP contribution in [0, 0.1) is 0 Å². The van der Waals surface area contributed by atoms with E-state index in [0.29, 0.717) is 5.56 Å². The fraction of sp³-hybridized carbons (Fsp3) is 0.333. The van der Waals surface area contributed by atoms with Crippen molar-refractivity contribution in [2.24, 2.45) is 0 Å². The Morgan fingerprint density at radius 2 is 1.80 bits per heavy atom. The zero-order chi connectivity index (χ0) is 15.2. The minimum absolute atomic E-state index is 0.0373. The summed E-state index contributed by atoms with van der Waals surface area (Å²) in [5.41, 5.74) is -3.86. The first-order valence-electron chi connectivity index (χ1n) is 5.52. The highest BCUT2D eigenvalue weighted by Crippen LogP contribution is 2.30. The van der Waals surface area contributed by atoms with Gasteiger partial charge in [0.1, 0.15) is 6.54 Å². The van der Waals surface area contributed by atoms with Gasteiger partial charge in [-0.25, -0.2) is 0 Å². The Morgan fingerprint density at radius 3 is 2.30 bits per heavy atom. The number of carboxylic acids is 1. The Hall–Kier alpha value is -1.70. The number of benzene rings is 1. The number of aliphatic carboxylic acids is 1. The van der Waals surface area contributed by atoms with E-state index in [2.05, 4.69) is 0 Å². The molecule has 0 bridgehead atoms. The van der Waals surface area contributed by atoms with Crippen molar-refractivity contribution in [3.8, 4) is 0 Å². The third-order valence-corrected chi connectivity index (χ3v) is 2.97. The van der Waals surface area contributed by atoms with Gasteiger partial charge in [0.05, 0.1) is 5.75 Å². The summed E-state index contributed by atoms with van der Waals surface area (Å²) in [7, 11) is 0. The molecule has 0 aliphatic rings. The lowest BCUT2D eigenvalue weighted by Crippen LogP contribution is -2.36. The van der Waals surface area contributed by atoms with Gasteiger partial charge in [0, 0.05) is 6.54 Å². The number of carbonyl (C=O) groups excluding carboxylic acids is 1. The molecule has 0 heterocycles. The lowest BCUT2D eigenvalue weighted by molar-refractivity contribution is -0.143. The van der Waals surface area contributed by atoms with Crippen LogP contribution < -0.4 is 0 Å². The molecule has 0 radical (unpaired) electrons. The van der Waals surface area contributed by atoms with Crippen LogP contribution in [0.2, 0.25) is 0 Å². The first-order valence-corrected chi connectivity index (χ1v) is 6.50. The van der Waals surface area contributed by atoms with E-state index in [4.69, 9.17) is 5.11 Å². The number of amides is 1. The monoisotopic (exact) mass is 307 g/mol. The largest absolute Gasteiger partial charge is 0.480 e. The highest BCUT2D eigenvalue weighted by atomic mass is 32.2. The molecule has 4 nitrogen and oxygen atoms in total. The van der Waals surface area contributed by atoms with E-state index in [9.17, 15) is 22.8 Å². The average molecular weight is 307 g/mol. The summed E-state index contributed by atoms with van der Waals surface area (Å²) >= 11 is -0.476. The fourth-order valence-corrected chi connectivity index (χ4v) is 1.90. The Bertz CT molecular complexity index is 465. The number of hydrogen-bond donors (Lipinski definition) is 1. The molecule has 0 spiro atoms. The molecule has 1 aromatic rings. The third-order valence-electron chi connectivity index (χ3n) is 2.25. The molecule has 1 amide bonds. The van der Waals surface area contributed by atoms with Crippen LogP contribution in [0.15, 0.2) is 30.3 Å². The summed E-state index contributed by atoms with van der Waals surface area (Å²) in [4.78, 5) is 23.2. The van der Waals surface area contributed by atoms with Crippen molar-refractivity contribution in [3.05, 3.63) is 35.9 Å². The average Bonchev–Trinajstić information content (AvgIpc) is 2.35. The van der Waals surface area contributed by atoms with E-state index in [0.717, 1.165) is 4.90 Å².